The number of nitrogens with zero attached hydrogens (tertiary/aromatic N) is 1. The van der Waals surface area contributed by atoms with Gasteiger partial charge in [-0.1, -0.05) is 18.2 Å². The third-order valence-corrected chi connectivity index (χ3v) is 3.96. The summed E-state index contributed by atoms with van der Waals surface area (Å²) in [4.78, 5) is 13.2. The van der Waals surface area contributed by atoms with Gasteiger partial charge in [-0.2, -0.15) is 0 Å². The Balaban J connectivity index is 1.83. The molecule has 2 aromatic rings. The smallest absolute Gasteiger partial charge is 0.335 e. The van der Waals surface area contributed by atoms with Gasteiger partial charge in [0.15, 0.2) is 0 Å². The Morgan fingerprint density at radius 3 is 2.67 bits per heavy atom. The molecule has 2 aromatic carbocycles. The molecule has 0 bridgehead atoms. The molecule has 0 saturated heterocycles. The molecule has 3 N–H and O–H groups in total. The van der Waals surface area contributed by atoms with Crippen LogP contribution in [-0.2, 0) is 13.0 Å². The highest BCUT2D eigenvalue weighted by Gasteiger charge is 2.18. The second-order valence-corrected chi connectivity index (χ2v) is 5.37. The van der Waals surface area contributed by atoms with Crippen molar-refractivity contribution in [2.75, 3.05) is 17.2 Å². The van der Waals surface area contributed by atoms with Crippen molar-refractivity contribution in [2.24, 2.45) is 0 Å². The van der Waals surface area contributed by atoms with Crippen LogP contribution in [0.15, 0.2) is 42.5 Å². The van der Waals surface area contributed by atoms with E-state index in [1.807, 2.05) is 24.3 Å². The maximum Gasteiger partial charge on any atom is 0.335 e. The molecular weight excluding hydrogens is 264 g/mol. The average molecular weight is 282 g/mol. The van der Waals surface area contributed by atoms with Gasteiger partial charge in [-0.15, -0.1) is 0 Å². The number of aromatic carboxylic acids is 1. The van der Waals surface area contributed by atoms with Crippen molar-refractivity contribution >= 4 is 17.3 Å². The first-order chi connectivity index (χ1) is 10.1. The molecule has 1 heterocycles. The van der Waals surface area contributed by atoms with Gasteiger partial charge in [-0.3, -0.25) is 0 Å². The van der Waals surface area contributed by atoms with E-state index in [2.05, 4.69) is 11.0 Å². The Hall–Kier alpha value is -2.49. The van der Waals surface area contributed by atoms with Crippen LogP contribution in [0.3, 0.4) is 0 Å². The summed E-state index contributed by atoms with van der Waals surface area (Å²) in [6.07, 6.45) is 2.12. The Bertz CT molecular complexity index is 665. The minimum atomic E-state index is -0.891. The van der Waals surface area contributed by atoms with Crippen LogP contribution in [0.5, 0.6) is 0 Å². The van der Waals surface area contributed by atoms with Crippen LogP contribution in [0.25, 0.3) is 0 Å². The Kier molecular flexibility index (Phi) is 3.52. The van der Waals surface area contributed by atoms with Crippen molar-refractivity contribution < 1.29 is 9.90 Å². The van der Waals surface area contributed by atoms with Crippen molar-refractivity contribution in [1.29, 1.82) is 0 Å². The van der Waals surface area contributed by atoms with Gasteiger partial charge < -0.3 is 15.7 Å². The molecule has 1 aliphatic rings. The van der Waals surface area contributed by atoms with Crippen molar-refractivity contribution in [3.05, 3.63) is 59.2 Å². The number of nitrogens with two attached hydrogens (primary N) is 1. The van der Waals surface area contributed by atoms with Gasteiger partial charge in [0.25, 0.3) is 0 Å². The van der Waals surface area contributed by atoms with E-state index in [-0.39, 0.29) is 0 Å². The highest BCUT2D eigenvalue weighted by Crippen LogP contribution is 2.32. The fourth-order valence-corrected chi connectivity index (χ4v) is 2.87. The second-order valence-electron chi connectivity index (χ2n) is 5.37. The predicted molar refractivity (Wildman–Crippen MR) is 83.6 cm³/mol. The molecule has 0 fully saturated rings. The van der Waals surface area contributed by atoms with Crippen LogP contribution in [0, 0.1) is 0 Å². The molecule has 4 nitrogen and oxygen atoms in total. The van der Waals surface area contributed by atoms with Gasteiger partial charge in [-0.25, -0.2) is 4.79 Å². The number of carboxylic acids is 1. The van der Waals surface area contributed by atoms with Gasteiger partial charge in [0.1, 0.15) is 0 Å². The maximum atomic E-state index is 10.9. The van der Waals surface area contributed by atoms with Crippen molar-refractivity contribution in [3.8, 4) is 0 Å². The summed E-state index contributed by atoms with van der Waals surface area (Å²) >= 11 is 0. The van der Waals surface area contributed by atoms with Crippen LogP contribution in [-0.4, -0.2) is 17.6 Å². The molecule has 4 heteroatoms. The monoisotopic (exact) mass is 282 g/mol. The van der Waals surface area contributed by atoms with E-state index in [1.165, 1.54) is 11.3 Å². The summed E-state index contributed by atoms with van der Waals surface area (Å²) in [6.45, 7) is 1.77. The first kappa shape index (κ1) is 13.5. The van der Waals surface area contributed by atoms with E-state index < -0.39 is 5.97 Å². The van der Waals surface area contributed by atoms with Gasteiger partial charge >= 0.3 is 5.97 Å². The Morgan fingerprint density at radius 1 is 1.19 bits per heavy atom. The zero-order valence-corrected chi connectivity index (χ0v) is 11.7. The quantitative estimate of drug-likeness (QED) is 0.849. The topological polar surface area (TPSA) is 66.6 Å². The molecule has 0 radical (unpaired) electrons. The molecule has 0 saturated carbocycles. The molecule has 0 atom stereocenters. The highest BCUT2D eigenvalue weighted by atomic mass is 16.4. The number of hydrogen-bond acceptors (Lipinski definition) is 3. The minimum absolute atomic E-state index is 0.321. The molecule has 21 heavy (non-hydrogen) atoms. The van der Waals surface area contributed by atoms with E-state index in [0.717, 1.165) is 37.2 Å². The minimum Gasteiger partial charge on any atom is -0.478 e. The lowest BCUT2D eigenvalue weighted by Crippen LogP contribution is -2.29. The van der Waals surface area contributed by atoms with E-state index in [1.54, 1.807) is 12.1 Å². The summed E-state index contributed by atoms with van der Waals surface area (Å²) < 4.78 is 0. The first-order valence-electron chi connectivity index (χ1n) is 7.09. The predicted octanol–water partition coefficient (Wildman–Crippen LogP) is 2.92. The molecule has 0 unspecified atom stereocenters. The number of carbonyl (C=O) groups is 1. The summed E-state index contributed by atoms with van der Waals surface area (Å²) in [5.41, 5.74) is 10.8. The lowest BCUT2D eigenvalue weighted by Gasteiger charge is -2.32. The lowest BCUT2D eigenvalue weighted by atomic mass is 9.99. The Morgan fingerprint density at radius 2 is 1.95 bits per heavy atom. The summed E-state index contributed by atoms with van der Waals surface area (Å²) in [7, 11) is 0. The molecule has 0 aliphatic carbocycles. The number of fused-ring (bicyclic) bond motifs is 1. The van der Waals surface area contributed by atoms with Gasteiger partial charge in [0.05, 0.1) is 5.56 Å². The standard InChI is InChI=1S/C17H18N2O2/c18-15-4-1-5-16-14(15)3-2-10-19(16)11-12-6-8-13(9-7-12)17(20)21/h1,4-9H,2-3,10-11,18H2,(H,20,21). The largest absolute Gasteiger partial charge is 0.478 e. The molecule has 108 valence electrons. The maximum absolute atomic E-state index is 10.9. The van der Waals surface area contributed by atoms with E-state index in [9.17, 15) is 4.79 Å². The molecular formula is C17H18N2O2. The Labute approximate surface area is 123 Å². The van der Waals surface area contributed by atoms with Gasteiger partial charge in [0.2, 0.25) is 0 Å². The van der Waals surface area contributed by atoms with E-state index in [4.69, 9.17) is 10.8 Å². The van der Waals surface area contributed by atoms with Crippen LogP contribution < -0.4 is 10.6 Å². The molecule has 3 rings (SSSR count). The lowest BCUT2D eigenvalue weighted by molar-refractivity contribution is 0.0697. The average Bonchev–Trinajstić information content (AvgIpc) is 2.49. The van der Waals surface area contributed by atoms with E-state index in [0.29, 0.717) is 5.56 Å². The van der Waals surface area contributed by atoms with Crippen LogP contribution in [0.1, 0.15) is 27.9 Å². The summed E-state index contributed by atoms with van der Waals surface area (Å²) in [6, 6.07) is 13.1. The van der Waals surface area contributed by atoms with Crippen molar-refractivity contribution in [1.82, 2.24) is 0 Å². The molecule has 0 amide bonds. The SMILES string of the molecule is Nc1cccc2c1CCCN2Cc1ccc(C(=O)O)cc1. The van der Waals surface area contributed by atoms with Crippen LogP contribution >= 0.6 is 0 Å². The normalized spacial score (nSPS) is 13.8. The van der Waals surface area contributed by atoms with Crippen LogP contribution in [0.4, 0.5) is 11.4 Å². The number of carboxylic acid groups (broad SMARTS) is 1. The fraction of sp³-hybridized carbons (Fsp3) is 0.235. The highest BCUT2D eigenvalue weighted by molar-refractivity contribution is 5.87. The third kappa shape index (κ3) is 2.70. The molecule has 1 aliphatic heterocycles. The number of rotatable bonds is 3. The number of hydrogen-bond donors (Lipinski definition) is 2. The van der Waals surface area contributed by atoms with Crippen LogP contribution in [0.2, 0.25) is 0 Å². The first-order valence-corrected chi connectivity index (χ1v) is 7.09. The fourth-order valence-electron chi connectivity index (χ4n) is 2.87. The summed E-state index contributed by atoms with van der Waals surface area (Å²) in [5, 5.41) is 8.93. The van der Waals surface area contributed by atoms with E-state index >= 15 is 0 Å². The number of benzene rings is 2. The summed E-state index contributed by atoms with van der Waals surface area (Å²) in [5.74, 6) is -0.891. The third-order valence-electron chi connectivity index (χ3n) is 3.96. The molecule has 0 spiro atoms. The molecule has 0 aromatic heterocycles. The number of nitrogen functional groups attached to an aromatic ring is 1. The second kappa shape index (κ2) is 5.48. The van der Waals surface area contributed by atoms with Gasteiger partial charge in [-0.05, 0) is 48.2 Å². The number of anilines is 2. The zero-order chi connectivity index (χ0) is 14.8. The zero-order valence-electron chi connectivity index (χ0n) is 11.7. The van der Waals surface area contributed by atoms with Crippen molar-refractivity contribution in [2.45, 2.75) is 19.4 Å². The van der Waals surface area contributed by atoms with Gasteiger partial charge in [0, 0.05) is 24.5 Å². The van der Waals surface area contributed by atoms with Crippen molar-refractivity contribution in [3.63, 3.8) is 0 Å².